The van der Waals surface area contributed by atoms with Gasteiger partial charge in [0.25, 0.3) is 0 Å². The number of hydrogen-bond donors (Lipinski definition) is 0. The summed E-state index contributed by atoms with van der Waals surface area (Å²) in [5, 5.41) is 2.49. The predicted octanol–water partition coefficient (Wildman–Crippen LogP) is 2.08. The van der Waals surface area contributed by atoms with Gasteiger partial charge in [-0.15, -0.1) is 4.58 Å². The monoisotopic (exact) mass is 340 g/mol. The van der Waals surface area contributed by atoms with Gasteiger partial charge in [0.05, 0.1) is 6.61 Å². The third-order valence-corrected chi connectivity index (χ3v) is 6.48. The Hall–Kier alpha value is -2.00. The second kappa shape index (κ2) is 8.20. The van der Waals surface area contributed by atoms with Gasteiger partial charge in [-0.1, -0.05) is 60.7 Å². The molecule has 0 saturated heterocycles. The van der Waals surface area contributed by atoms with Gasteiger partial charge in [0, 0.05) is 27.7 Å². The molecule has 2 rings (SSSR count). The number of carbonyl (C=O) groups excluding carboxylic acids is 1. The Bertz CT molecular complexity index is 649. The molecule has 0 heterocycles. The topological polar surface area (TPSA) is 29.3 Å². The summed E-state index contributed by atoms with van der Waals surface area (Å²) in [7, 11) is -1.77. The Morgan fingerprint density at radius 1 is 1.00 bits per heavy atom. The average molecular weight is 341 g/mol. The van der Waals surface area contributed by atoms with Gasteiger partial charge in [-0.3, -0.25) is 0 Å². The summed E-state index contributed by atoms with van der Waals surface area (Å²) in [4.78, 5) is 11.3. The van der Waals surface area contributed by atoms with Crippen molar-refractivity contribution in [2.45, 2.75) is 39.3 Å². The van der Waals surface area contributed by atoms with Gasteiger partial charge >= 0.3 is 6.08 Å². The normalized spacial score (nSPS) is 12.7. The van der Waals surface area contributed by atoms with E-state index in [0.717, 1.165) is 0 Å². The highest BCUT2D eigenvalue weighted by atomic mass is 28.3. The predicted molar refractivity (Wildman–Crippen MR) is 100 cm³/mol. The second-order valence-corrected chi connectivity index (χ2v) is 9.44. The Balaban J connectivity index is 2.20. The van der Waals surface area contributed by atoms with Gasteiger partial charge in [-0.05, 0) is 10.4 Å². The second-order valence-electron chi connectivity index (χ2n) is 7.02. The minimum Gasteiger partial charge on any atom is -0.404 e. The quantitative estimate of drug-likeness (QED) is 0.349. The maximum absolute atomic E-state index is 11.3. The summed E-state index contributed by atoms with van der Waals surface area (Å²) >= 11 is 0. The number of nitrogens with zero attached hydrogens (tertiary/aromatic N) is 1. The fourth-order valence-corrected chi connectivity index (χ4v) is 5.22. The van der Waals surface area contributed by atoms with E-state index >= 15 is 0 Å². The Morgan fingerprint density at radius 3 is 1.83 bits per heavy atom. The first-order chi connectivity index (χ1) is 11.4. The van der Waals surface area contributed by atoms with Crippen LogP contribution in [0.25, 0.3) is 0 Å². The molecule has 1 atom stereocenters. The molecule has 24 heavy (non-hydrogen) atoms. The zero-order chi connectivity index (χ0) is 17.6. The van der Waals surface area contributed by atoms with Crippen molar-refractivity contribution in [1.82, 2.24) is 0 Å². The molecule has 0 saturated carbocycles. The summed E-state index contributed by atoms with van der Waals surface area (Å²) < 4.78 is 8.08. The summed E-state index contributed by atoms with van der Waals surface area (Å²) in [6.45, 7) is 8.55. The van der Waals surface area contributed by atoms with Gasteiger partial charge in [0.15, 0.2) is 11.6 Å². The van der Waals surface area contributed by atoms with E-state index in [2.05, 4.69) is 30.3 Å². The van der Waals surface area contributed by atoms with Crippen molar-refractivity contribution in [2.75, 3.05) is 6.61 Å². The SMILES string of the molecule is C[C@@H](CO[SiH](c1ccccc1)c1ccccc1)[N+](=C=O)C(C)(C)C. The zero-order valence-electron chi connectivity index (χ0n) is 14.9. The lowest BCUT2D eigenvalue weighted by atomic mass is 10.1. The number of rotatable bonds is 6. The minimum absolute atomic E-state index is 0.0232. The fourth-order valence-electron chi connectivity index (χ4n) is 2.84. The number of hydrogen-bond acceptors (Lipinski definition) is 2. The lowest BCUT2D eigenvalue weighted by molar-refractivity contribution is -0.625. The van der Waals surface area contributed by atoms with Crippen molar-refractivity contribution in [3.8, 4) is 0 Å². The van der Waals surface area contributed by atoms with Crippen LogP contribution in [-0.2, 0) is 9.22 Å². The standard InChI is InChI=1S/C20H26NO2Si/c1-17(21(16-22)20(2,3)4)15-23-24(18-11-7-5-8-12-18)19-13-9-6-10-14-19/h5-14,17,24H,15H2,1-4H3/q+1/t17-/m0/s1. The van der Waals surface area contributed by atoms with E-state index in [0.29, 0.717) is 6.61 Å². The average Bonchev–Trinajstić information content (AvgIpc) is 2.56. The minimum atomic E-state index is -1.77. The molecule has 2 aromatic rings. The van der Waals surface area contributed by atoms with Crippen molar-refractivity contribution in [1.29, 1.82) is 0 Å². The first kappa shape index (κ1) is 18.3. The number of isocyanates is 1. The van der Waals surface area contributed by atoms with E-state index < -0.39 is 9.04 Å². The molecule has 0 radical (unpaired) electrons. The molecule has 0 unspecified atom stereocenters. The van der Waals surface area contributed by atoms with Crippen LogP contribution in [0.4, 0.5) is 0 Å². The molecule has 0 aromatic heterocycles. The van der Waals surface area contributed by atoms with Crippen LogP contribution in [0.3, 0.4) is 0 Å². The molecule has 126 valence electrons. The number of benzene rings is 2. The zero-order valence-corrected chi connectivity index (χ0v) is 16.1. The third kappa shape index (κ3) is 4.75. The molecular formula is C20H26NO2Si+. The van der Waals surface area contributed by atoms with Crippen LogP contribution in [0, 0.1) is 0 Å². The van der Waals surface area contributed by atoms with Crippen LogP contribution < -0.4 is 10.4 Å². The van der Waals surface area contributed by atoms with Crippen LogP contribution in [0.15, 0.2) is 60.7 Å². The van der Waals surface area contributed by atoms with Crippen molar-refractivity contribution in [3.63, 3.8) is 0 Å². The Labute approximate surface area is 146 Å². The van der Waals surface area contributed by atoms with Crippen LogP contribution in [-0.4, -0.2) is 37.9 Å². The highest BCUT2D eigenvalue weighted by Gasteiger charge is 2.31. The van der Waals surface area contributed by atoms with Crippen LogP contribution in [0.1, 0.15) is 27.7 Å². The molecule has 4 heteroatoms. The molecule has 0 amide bonds. The van der Waals surface area contributed by atoms with Crippen molar-refractivity contribution < 1.29 is 13.8 Å². The van der Waals surface area contributed by atoms with E-state index in [4.69, 9.17) is 4.43 Å². The van der Waals surface area contributed by atoms with Crippen molar-refractivity contribution >= 4 is 25.5 Å². The van der Waals surface area contributed by atoms with Gasteiger partial charge < -0.3 is 4.43 Å². The molecule has 0 N–H and O–H groups in total. The molecule has 3 nitrogen and oxygen atoms in total. The summed E-state index contributed by atoms with van der Waals surface area (Å²) in [6.07, 6.45) is 2.06. The molecule has 0 aliphatic carbocycles. The molecule has 0 spiro atoms. The van der Waals surface area contributed by atoms with Crippen molar-refractivity contribution in [2.24, 2.45) is 0 Å². The fraction of sp³-hybridized carbons (Fsp3) is 0.350. The lowest BCUT2D eigenvalue weighted by Crippen LogP contribution is -2.48. The van der Waals surface area contributed by atoms with Gasteiger partial charge in [-0.2, -0.15) is 4.79 Å². The molecule has 2 aromatic carbocycles. The Morgan fingerprint density at radius 2 is 1.46 bits per heavy atom. The molecule has 0 aliphatic rings. The van der Waals surface area contributed by atoms with Crippen LogP contribution in [0.2, 0.25) is 0 Å². The van der Waals surface area contributed by atoms with Gasteiger partial charge in [0.2, 0.25) is 9.04 Å². The first-order valence-corrected chi connectivity index (χ1v) is 9.94. The maximum atomic E-state index is 11.3. The highest BCUT2D eigenvalue weighted by Crippen LogP contribution is 2.10. The molecule has 0 aliphatic heterocycles. The van der Waals surface area contributed by atoms with Crippen molar-refractivity contribution in [3.05, 3.63) is 60.7 Å². The van der Waals surface area contributed by atoms with Crippen LogP contribution in [0.5, 0.6) is 0 Å². The summed E-state index contributed by atoms with van der Waals surface area (Å²) in [5.74, 6) is 0. The Kier molecular flexibility index (Phi) is 6.27. The summed E-state index contributed by atoms with van der Waals surface area (Å²) in [5.41, 5.74) is -0.263. The summed E-state index contributed by atoms with van der Waals surface area (Å²) in [6, 6.07) is 20.7. The van der Waals surface area contributed by atoms with E-state index in [-0.39, 0.29) is 11.6 Å². The van der Waals surface area contributed by atoms with E-state index in [1.165, 1.54) is 10.4 Å². The van der Waals surface area contributed by atoms with E-state index in [1.807, 2.05) is 64.1 Å². The third-order valence-electron chi connectivity index (χ3n) is 3.97. The lowest BCUT2D eigenvalue weighted by Gasteiger charge is -2.22. The van der Waals surface area contributed by atoms with E-state index in [1.54, 1.807) is 4.58 Å². The van der Waals surface area contributed by atoms with Crippen LogP contribution >= 0.6 is 0 Å². The molecule has 0 fully saturated rings. The van der Waals surface area contributed by atoms with Gasteiger partial charge in [-0.25, -0.2) is 0 Å². The molecule has 0 bridgehead atoms. The van der Waals surface area contributed by atoms with E-state index in [9.17, 15) is 4.79 Å². The first-order valence-electron chi connectivity index (χ1n) is 8.32. The van der Waals surface area contributed by atoms with Gasteiger partial charge in [0.1, 0.15) is 0 Å². The maximum Gasteiger partial charge on any atom is 0.424 e. The molecular weight excluding hydrogens is 314 g/mol. The largest absolute Gasteiger partial charge is 0.424 e. The smallest absolute Gasteiger partial charge is 0.404 e. The highest BCUT2D eigenvalue weighted by molar-refractivity contribution is 6.80.